The van der Waals surface area contributed by atoms with E-state index in [0.29, 0.717) is 26.2 Å². The number of rotatable bonds is 4. The number of urea groups is 1. The first-order valence-corrected chi connectivity index (χ1v) is 9.72. The molecule has 1 saturated heterocycles. The number of hydrogen-bond acceptors (Lipinski definition) is 3. The van der Waals surface area contributed by atoms with Crippen LogP contribution in [-0.4, -0.2) is 57.5 Å². The number of piperidine rings is 1. The van der Waals surface area contributed by atoms with Crippen molar-refractivity contribution in [2.75, 3.05) is 31.5 Å². The Kier molecular flexibility index (Phi) is 5.68. The minimum Gasteiger partial charge on any atom is -0.343 e. The summed E-state index contributed by atoms with van der Waals surface area (Å²) < 4.78 is 2.02. The highest BCUT2D eigenvalue weighted by Crippen LogP contribution is 2.22. The lowest BCUT2D eigenvalue weighted by atomic mass is 9.96. The van der Waals surface area contributed by atoms with E-state index in [-0.39, 0.29) is 17.9 Å². The van der Waals surface area contributed by atoms with Gasteiger partial charge in [-0.25, -0.2) is 9.78 Å². The number of benzene rings is 1. The Labute approximate surface area is 160 Å². The zero-order chi connectivity index (χ0) is 19.6. The van der Waals surface area contributed by atoms with Crippen LogP contribution < -0.4 is 5.32 Å². The fraction of sp³-hybridized carbons (Fsp3) is 0.550. The van der Waals surface area contributed by atoms with Gasteiger partial charge >= 0.3 is 6.03 Å². The minimum atomic E-state index is -0.154. The van der Waals surface area contributed by atoms with Crippen molar-refractivity contribution in [1.29, 1.82) is 0 Å². The monoisotopic (exact) mass is 371 g/mol. The Morgan fingerprint density at radius 3 is 2.74 bits per heavy atom. The molecule has 27 heavy (non-hydrogen) atoms. The molecule has 1 fully saturated rings. The standard InChI is InChI=1S/C20H29N5O2/c1-5-24(6-2)19(26)15-8-7-11-25(13-15)20(27)22-16-9-10-18-17(12-16)21-14(3)23(18)4/h9-10,12,15H,5-8,11,13H2,1-4H3,(H,22,27)/t15-/m0/s1. The van der Waals surface area contributed by atoms with Gasteiger partial charge in [0.2, 0.25) is 5.91 Å². The number of nitrogens with zero attached hydrogens (tertiary/aromatic N) is 4. The molecule has 2 heterocycles. The van der Waals surface area contributed by atoms with Crippen LogP contribution in [-0.2, 0) is 11.8 Å². The van der Waals surface area contributed by atoms with Gasteiger partial charge in [-0.15, -0.1) is 0 Å². The van der Waals surface area contributed by atoms with Crippen molar-refractivity contribution in [3.8, 4) is 0 Å². The molecule has 2 aromatic rings. The van der Waals surface area contributed by atoms with Crippen molar-refractivity contribution in [2.45, 2.75) is 33.6 Å². The SMILES string of the molecule is CCN(CC)C(=O)[C@H]1CCCN(C(=O)Nc2ccc3c(c2)nc(C)n3C)C1. The first-order valence-electron chi connectivity index (χ1n) is 9.72. The van der Waals surface area contributed by atoms with Crippen LogP contribution in [0.15, 0.2) is 18.2 Å². The molecule has 0 unspecified atom stereocenters. The lowest BCUT2D eigenvalue weighted by Crippen LogP contribution is -2.47. The van der Waals surface area contributed by atoms with Crippen LogP contribution in [0.5, 0.6) is 0 Å². The number of aryl methyl sites for hydroxylation is 2. The average molecular weight is 371 g/mol. The zero-order valence-corrected chi connectivity index (χ0v) is 16.7. The summed E-state index contributed by atoms with van der Waals surface area (Å²) in [6.45, 7) is 8.52. The van der Waals surface area contributed by atoms with Crippen LogP contribution in [0.2, 0.25) is 0 Å². The molecule has 1 N–H and O–H groups in total. The molecule has 0 bridgehead atoms. The van der Waals surface area contributed by atoms with E-state index in [0.717, 1.165) is 35.4 Å². The van der Waals surface area contributed by atoms with Crippen LogP contribution in [0.25, 0.3) is 11.0 Å². The highest BCUT2D eigenvalue weighted by molar-refractivity contribution is 5.92. The van der Waals surface area contributed by atoms with Crippen LogP contribution in [0.4, 0.5) is 10.5 Å². The summed E-state index contributed by atoms with van der Waals surface area (Å²) in [6.07, 6.45) is 1.70. The highest BCUT2D eigenvalue weighted by Gasteiger charge is 2.30. The quantitative estimate of drug-likeness (QED) is 0.898. The molecule has 1 atom stereocenters. The summed E-state index contributed by atoms with van der Waals surface area (Å²) in [6, 6.07) is 5.60. The molecule has 0 saturated carbocycles. The Morgan fingerprint density at radius 2 is 2.04 bits per heavy atom. The van der Waals surface area contributed by atoms with Gasteiger partial charge < -0.3 is 19.7 Å². The molecular weight excluding hydrogens is 342 g/mol. The van der Waals surface area contributed by atoms with Gasteiger partial charge in [0.15, 0.2) is 0 Å². The van der Waals surface area contributed by atoms with Crippen molar-refractivity contribution in [3.63, 3.8) is 0 Å². The first-order chi connectivity index (χ1) is 12.9. The second kappa shape index (κ2) is 7.98. The second-order valence-electron chi connectivity index (χ2n) is 7.15. The Morgan fingerprint density at radius 1 is 1.30 bits per heavy atom. The predicted molar refractivity (Wildman–Crippen MR) is 107 cm³/mol. The van der Waals surface area contributed by atoms with E-state index in [4.69, 9.17) is 0 Å². The number of imidazole rings is 1. The molecule has 7 heteroatoms. The maximum atomic E-state index is 12.7. The van der Waals surface area contributed by atoms with E-state index in [1.807, 2.05) is 55.5 Å². The largest absolute Gasteiger partial charge is 0.343 e. The van der Waals surface area contributed by atoms with E-state index in [2.05, 4.69) is 10.3 Å². The summed E-state index contributed by atoms with van der Waals surface area (Å²) in [5, 5.41) is 2.96. The van der Waals surface area contributed by atoms with Crippen molar-refractivity contribution in [2.24, 2.45) is 13.0 Å². The van der Waals surface area contributed by atoms with E-state index in [9.17, 15) is 9.59 Å². The number of nitrogens with one attached hydrogen (secondary N) is 1. The minimum absolute atomic E-state index is 0.106. The van der Waals surface area contributed by atoms with Crippen molar-refractivity contribution in [3.05, 3.63) is 24.0 Å². The number of carbonyl (C=O) groups excluding carboxylic acids is 2. The number of aromatic nitrogens is 2. The molecule has 0 spiro atoms. The molecule has 1 aliphatic rings. The fourth-order valence-corrected chi connectivity index (χ4v) is 3.76. The van der Waals surface area contributed by atoms with E-state index < -0.39 is 0 Å². The number of hydrogen-bond donors (Lipinski definition) is 1. The fourth-order valence-electron chi connectivity index (χ4n) is 3.76. The predicted octanol–water partition coefficient (Wildman–Crippen LogP) is 2.99. The third kappa shape index (κ3) is 3.91. The number of likely N-dealkylation sites (tertiary alicyclic amines) is 1. The third-order valence-corrected chi connectivity index (χ3v) is 5.49. The lowest BCUT2D eigenvalue weighted by Gasteiger charge is -2.34. The Bertz CT molecular complexity index is 840. The smallest absolute Gasteiger partial charge is 0.321 e. The Hall–Kier alpha value is -2.57. The van der Waals surface area contributed by atoms with E-state index >= 15 is 0 Å². The van der Waals surface area contributed by atoms with Crippen LogP contribution in [0.1, 0.15) is 32.5 Å². The van der Waals surface area contributed by atoms with Crippen molar-refractivity contribution in [1.82, 2.24) is 19.4 Å². The van der Waals surface area contributed by atoms with Crippen LogP contribution in [0, 0.1) is 12.8 Å². The number of fused-ring (bicyclic) bond motifs is 1. The summed E-state index contributed by atoms with van der Waals surface area (Å²) in [5.41, 5.74) is 2.62. The number of amides is 3. The van der Waals surface area contributed by atoms with Crippen molar-refractivity contribution < 1.29 is 9.59 Å². The molecule has 3 amide bonds. The van der Waals surface area contributed by atoms with Gasteiger partial charge in [-0.05, 0) is 51.8 Å². The molecule has 1 aromatic carbocycles. The normalized spacial score (nSPS) is 17.2. The van der Waals surface area contributed by atoms with Gasteiger partial charge in [-0.3, -0.25) is 4.79 Å². The molecule has 0 radical (unpaired) electrons. The van der Waals surface area contributed by atoms with Crippen LogP contribution in [0.3, 0.4) is 0 Å². The van der Waals surface area contributed by atoms with Gasteiger partial charge in [0.1, 0.15) is 5.82 Å². The van der Waals surface area contributed by atoms with Crippen molar-refractivity contribution >= 4 is 28.7 Å². The highest BCUT2D eigenvalue weighted by atomic mass is 16.2. The molecule has 1 aromatic heterocycles. The topological polar surface area (TPSA) is 70.5 Å². The summed E-state index contributed by atoms with van der Waals surface area (Å²) in [7, 11) is 1.98. The molecule has 7 nitrogen and oxygen atoms in total. The van der Waals surface area contributed by atoms with E-state index in [1.54, 1.807) is 4.90 Å². The van der Waals surface area contributed by atoms with Gasteiger partial charge in [-0.1, -0.05) is 0 Å². The molecule has 1 aliphatic heterocycles. The number of carbonyl (C=O) groups is 2. The summed E-state index contributed by atoms with van der Waals surface area (Å²) in [4.78, 5) is 33.5. The second-order valence-corrected chi connectivity index (χ2v) is 7.15. The Balaban J connectivity index is 1.67. The average Bonchev–Trinajstić information content (AvgIpc) is 2.96. The summed E-state index contributed by atoms with van der Waals surface area (Å²) >= 11 is 0. The number of anilines is 1. The summed E-state index contributed by atoms with van der Waals surface area (Å²) in [5.74, 6) is 0.982. The van der Waals surface area contributed by atoms with Gasteiger partial charge in [0, 0.05) is 38.9 Å². The third-order valence-electron chi connectivity index (χ3n) is 5.49. The maximum Gasteiger partial charge on any atom is 0.321 e. The lowest BCUT2D eigenvalue weighted by molar-refractivity contribution is -0.136. The first kappa shape index (κ1) is 19.2. The molecule has 146 valence electrons. The van der Waals surface area contributed by atoms with Gasteiger partial charge in [0.05, 0.1) is 17.0 Å². The maximum absolute atomic E-state index is 12.7. The molecule has 3 rings (SSSR count). The molecule has 0 aliphatic carbocycles. The van der Waals surface area contributed by atoms with Gasteiger partial charge in [0.25, 0.3) is 0 Å². The zero-order valence-electron chi connectivity index (χ0n) is 16.7. The van der Waals surface area contributed by atoms with Gasteiger partial charge in [-0.2, -0.15) is 0 Å². The van der Waals surface area contributed by atoms with E-state index in [1.165, 1.54) is 0 Å². The molecular formula is C20H29N5O2. The van der Waals surface area contributed by atoms with Crippen LogP contribution >= 0.6 is 0 Å².